The molecule has 0 bridgehead atoms. The molecule has 10 heteroatoms. The van der Waals surface area contributed by atoms with Crippen LogP contribution in [0.1, 0.15) is 5.76 Å². The van der Waals surface area contributed by atoms with Gasteiger partial charge in [-0.3, -0.25) is 10.1 Å². The van der Waals surface area contributed by atoms with Gasteiger partial charge < -0.3 is 4.42 Å². The van der Waals surface area contributed by atoms with Crippen molar-refractivity contribution < 1.29 is 17.8 Å². The lowest BCUT2D eigenvalue weighted by atomic mass is 10.4. The minimum atomic E-state index is -3.80. The van der Waals surface area contributed by atoms with Gasteiger partial charge in [0.2, 0.25) is 0 Å². The van der Waals surface area contributed by atoms with E-state index < -0.39 is 20.8 Å². The van der Waals surface area contributed by atoms with Gasteiger partial charge in [-0.05, 0) is 30.3 Å². The Bertz CT molecular complexity index is 782. The molecule has 0 spiro atoms. The summed E-state index contributed by atoms with van der Waals surface area (Å²) in [5.41, 5.74) is 0. The molecule has 8 nitrogen and oxygen atoms in total. The van der Waals surface area contributed by atoms with E-state index in [1.807, 2.05) is 4.83 Å². The third kappa shape index (κ3) is 3.89. The second kappa shape index (κ2) is 6.06. The number of nitro groups is 1. The number of benzene rings is 1. The lowest BCUT2D eigenvalue weighted by molar-refractivity contribution is -0.402. The average Bonchev–Trinajstić information content (AvgIpc) is 2.88. The predicted octanol–water partition coefficient (Wildman–Crippen LogP) is 2.26. The van der Waals surface area contributed by atoms with Crippen LogP contribution >= 0.6 is 15.9 Å². The van der Waals surface area contributed by atoms with E-state index in [9.17, 15) is 18.5 Å². The van der Waals surface area contributed by atoms with Crippen LogP contribution in [0, 0.1) is 10.1 Å². The van der Waals surface area contributed by atoms with Crippen LogP contribution in [0.4, 0.5) is 5.88 Å². The first-order valence-corrected chi connectivity index (χ1v) is 7.71. The normalized spacial score (nSPS) is 11.7. The second-order valence-electron chi connectivity index (χ2n) is 3.74. The molecule has 2 rings (SSSR count). The zero-order valence-corrected chi connectivity index (χ0v) is 12.7. The molecule has 110 valence electrons. The molecule has 0 unspecified atom stereocenters. The minimum absolute atomic E-state index is 0.0354. The van der Waals surface area contributed by atoms with E-state index in [0.717, 1.165) is 16.8 Å². The highest BCUT2D eigenvalue weighted by atomic mass is 79.9. The van der Waals surface area contributed by atoms with Gasteiger partial charge in [-0.1, -0.05) is 15.9 Å². The smallest absolute Gasteiger partial charge is 0.400 e. The van der Waals surface area contributed by atoms with Gasteiger partial charge >= 0.3 is 5.88 Å². The largest absolute Gasteiger partial charge is 0.433 e. The summed E-state index contributed by atoms with van der Waals surface area (Å²) in [6.07, 6.45) is 1.03. The lowest BCUT2D eigenvalue weighted by Gasteiger charge is -2.02. The molecule has 0 aliphatic rings. The Morgan fingerprint density at radius 2 is 1.90 bits per heavy atom. The van der Waals surface area contributed by atoms with E-state index in [-0.39, 0.29) is 10.7 Å². The van der Waals surface area contributed by atoms with Crippen molar-refractivity contribution >= 4 is 38.1 Å². The monoisotopic (exact) mass is 373 g/mol. The van der Waals surface area contributed by atoms with Gasteiger partial charge in [0.05, 0.1) is 17.2 Å². The highest BCUT2D eigenvalue weighted by Gasteiger charge is 2.13. The Morgan fingerprint density at radius 1 is 1.24 bits per heavy atom. The summed E-state index contributed by atoms with van der Waals surface area (Å²) in [4.78, 5) is 11.7. The van der Waals surface area contributed by atoms with E-state index in [1.54, 1.807) is 12.1 Å². The fourth-order valence-corrected chi connectivity index (χ4v) is 2.39. The summed E-state index contributed by atoms with van der Waals surface area (Å²) in [6.45, 7) is 0. The molecule has 1 N–H and O–H groups in total. The maximum absolute atomic E-state index is 11.9. The summed E-state index contributed by atoms with van der Waals surface area (Å²) in [7, 11) is -3.80. The van der Waals surface area contributed by atoms with E-state index >= 15 is 0 Å². The van der Waals surface area contributed by atoms with Crippen molar-refractivity contribution in [1.82, 2.24) is 4.83 Å². The van der Waals surface area contributed by atoms with Gasteiger partial charge in [0.15, 0.2) is 5.76 Å². The molecule has 0 radical (unpaired) electrons. The number of halogens is 1. The first-order chi connectivity index (χ1) is 9.88. The number of hydrogen-bond donors (Lipinski definition) is 1. The van der Waals surface area contributed by atoms with Crippen LogP contribution in [0.2, 0.25) is 0 Å². The van der Waals surface area contributed by atoms with Crippen LogP contribution in [0.25, 0.3) is 0 Å². The summed E-state index contributed by atoms with van der Waals surface area (Å²) in [6, 6.07) is 8.40. The Morgan fingerprint density at radius 3 is 2.48 bits per heavy atom. The molecule has 1 aromatic heterocycles. The molecule has 1 heterocycles. The maximum atomic E-state index is 11.9. The number of hydrazone groups is 1. The van der Waals surface area contributed by atoms with Crippen LogP contribution in [-0.4, -0.2) is 19.6 Å². The fourth-order valence-electron chi connectivity index (χ4n) is 1.34. The first-order valence-electron chi connectivity index (χ1n) is 5.43. The highest BCUT2D eigenvalue weighted by molar-refractivity contribution is 9.10. The van der Waals surface area contributed by atoms with Gasteiger partial charge in [-0.25, -0.2) is 0 Å². The molecule has 0 amide bonds. The number of nitrogens with one attached hydrogen (secondary N) is 1. The molecular formula is C11H8BrN3O5S. The lowest BCUT2D eigenvalue weighted by Crippen LogP contribution is -2.18. The van der Waals surface area contributed by atoms with E-state index in [4.69, 9.17) is 4.42 Å². The van der Waals surface area contributed by atoms with Crippen molar-refractivity contribution in [2.45, 2.75) is 4.90 Å². The third-order valence-electron chi connectivity index (χ3n) is 2.28. The number of sulfonamides is 1. The van der Waals surface area contributed by atoms with Crippen LogP contribution < -0.4 is 4.83 Å². The fraction of sp³-hybridized carbons (Fsp3) is 0. The number of hydrogen-bond acceptors (Lipinski definition) is 6. The van der Waals surface area contributed by atoms with Gasteiger partial charge in [-0.15, -0.1) is 0 Å². The van der Waals surface area contributed by atoms with Crippen molar-refractivity contribution in [3.63, 3.8) is 0 Å². The first kappa shape index (κ1) is 15.2. The van der Waals surface area contributed by atoms with Gasteiger partial charge in [0.25, 0.3) is 10.0 Å². The second-order valence-corrected chi connectivity index (χ2v) is 6.32. The van der Waals surface area contributed by atoms with Crippen molar-refractivity contribution in [2.24, 2.45) is 5.10 Å². The number of nitrogens with zero attached hydrogens (tertiary/aromatic N) is 2. The Hall–Kier alpha value is -2.20. The summed E-state index contributed by atoms with van der Waals surface area (Å²) in [5, 5.41) is 13.9. The van der Waals surface area contributed by atoms with Gasteiger partial charge in [0.1, 0.15) is 4.92 Å². The van der Waals surface area contributed by atoms with Gasteiger partial charge in [0, 0.05) is 4.47 Å². The van der Waals surface area contributed by atoms with Crippen molar-refractivity contribution in [2.75, 3.05) is 0 Å². The van der Waals surface area contributed by atoms with E-state index in [0.29, 0.717) is 0 Å². The van der Waals surface area contributed by atoms with Crippen molar-refractivity contribution in [3.05, 3.63) is 56.7 Å². The molecular weight excluding hydrogens is 366 g/mol. The molecule has 0 aliphatic carbocycles. The molecule has 0 saturated carbocycles. The minimum Gasteiger partial charge on any atom is -0.400 e. The Balaban J connectivity index is 2.08. The predicted molar refractivity (Wildman–Crippen MR) is 77.4 cm³/mol. The summed E-state index contributed by atoms with van der Waals surface area (Å²) in [5.74, 6) is -0.396. The summed E-state index contributed by atoms with van der Waals surface area (Å²) >= 11 is 3.20. The van der Waals surface area contributed by atoms with Crippen molar-refractivity contribution in [3.8, 4) is 0 Å². The molecule has 0 atom stereocenters. The molecule has 0 aliphatic heterocycles. The average molecular weight is 374 g/mol. The zero-order chi connectivity index (χ0) is 15.5. The van der Waals surface area contributed by atoms with Gasteiger partial charge in [-0.2, -0.15) is 18.4 Å². The Labute approximate surface area is 127 Å². The van der Waals surface area contributed by atoms with Crippen LogP contribution in [0.3, 0.4) is 0 Å². The van der Waals surface area contributed by atoms with Crippen molar-refractivity contribution in [1.29, 1.82) is 0 Å². The zero-order valence-electron chi connectivity index (χ0n) is 10.3. The standard InChI is InChI=1S/C11H8BrN3O5S/c12-8-1-4-10(5-2-8)21(18,19)14-13-7-9-3-6-11(20-9)15(16)17/h1-7,14H/b13-7+. The quantitative estimate of drug-likeness (QED) is 0.490. The maximum Gasteiger partial charge on any atom is 0.433 e. The van der Waals surface area contributed by atoms with Crippen LogP contribution in [-0.2, 0) is 10.0 Å². The molecule has 0 saturated heterocycles. The van der Waals surface area contributed by atoms with Crippen LogP contribution in [0.15, 0.2) is 55.3 Å². The van der Waals surface area contributed by atoms with E-state index in [2.05, 4.69) is 21.0 Å². The summed E-state index contributed by atoms with van der Waals surface area (Å²) < 4.78 is 29.3. The Kier molecular flexibility index (Phi) is 4.38. The molecule has 21 heavy (non-hydrogen) atoms. The molecule has 0 fully saturated rings. The molecule has 2 aromatic rings. The van der Waals surface area contributed by atoms with Crippen LogP contribution in [0.5, 0.6) is 0 Å². The highest BCUT2D eigenvalue weighted by Crippen LogP contribution is 2.15. The topological polar surface area (TPSA) is 115 Å². The number of furan rings is 1. The third-order valence-corrected chi connectivity index (χ3v) is 4.05. The number of rotatable bonds is 5. The SMILES string of the molecule is O=[N+]([O-])c1ccc(/C=N/NS(=O)(=O)c2ccc(Br)cc2)o1. The molecule has 1 aromatic carbocycles. The van der Waals surface area contributed by atoms with E-state index in [1.165, 1.54) is 18.2 Å².